The summed E-state index contributed by atoms with van der Waals surface area (Å²) in [5.74, 6) is -0.286. The lowest BCUT2D eigenvalue weighted by atomic mass is 10.4. The fraction of sp³-hybridized carbons (Fsp3) is 0.625. The lowest BCUT2D eigenvalue weighted by Crippen LogP contribution is -2.12. The number of nitrogens with one attached hydrogen (secondary N) is 1. The van der Waals surface area contributed by atoms with Crippen molar-refractivity contribution in [3.8, 4) is 0 Å². The summed E-state index contributed by atoms with van der Waals surface area (Å²) < 4.78 is 4.70. The number of allylic oxidation sites excluding steroid dienone is 1. The van der Waals surface area contributed by atoms with E-state index in [1.165, 1.54) is 6.08 Å². The summed E-state index contributed by atoms with van der Waals surface area (Å²) in [4.78, 5) is 10.8. The third-order valence-corrected chi connectivity index (χ3v) is 1.08. The SMILES string of the molecule is CCN/C(C)=C\C(=O)OCC. The quantitative estimate of drug-likeness (QED) is 0.490. The summed E-state index contributed by atoms with van der Waals surface area (Å²) >= 11 is 0. The first kappa shape index (κ1) is 10.0. The Bertz CT molecular complexity index is 152. The van der Waals surface area contributed by atoms with Gasteiger partial charge in [0.15, 0.2) is 0 Å². The minimum Gasteiger partial charge on any atom is -0.463 e. The lowest BCUT2D eigenvalue weighted by Gasteiger charge is -2.01. The van der Waals surface area contributed by atoms with Crippen molar-refractivity contribution in [2.45, 2.75) is 20.8 Å². The highest BCUT2D eigenvalue weighted by Crippen LogP contribution is 1.88. The Morgan fingerprint density at radius 3 is 2.64 bits per heavy atom. The lowest BCUT2D eigenvalue weighted by molar-refractivity contribution is -0.137. The number of hydrogen-bond donors (Lipinski definition) is 1. The maximum absolute atomic E-state index is 10.8. The third-order valence-electron chi connectivity index (χ3n) is 1.08. The van der Waals surface area contributed by atoms with Crippen LogP contribution in [0.15, 0.2) is 11.8 Å². The van der Waals surface area contributed by atoms with Gasteiger partial charge < -0.3 is 10.1 Å². The van der Waals surface area contributed by atoms with Crippen LogP contribution in [0, 0.1) is 0 Å². The Morgan fingerprint density at radius 2 is 2.18 bits per heavy atom. The van der Waals surface area contributed by atoms with Crippen LogP contribution in [0.25, 0.3) is 0 Å². The van der Waals surface area contributed by atoms with Crippen molar-refractivity contribution in [1.29, 1.82) is 0 Å². The molecule has 64 valence electrons. The van der Waals surface area contributed by atoms with Gasteiger partial charge in [0.1, 0.15) is 0 Å². The normalized spacial score (nSPS) is 11.0. The number of hydrogen-bond acceptors (Lipinski definition) is 3. The molecule has 0 saturated heterocycles. The standard InChI is InChI=1S/C8H15NO2/c1-4-9-7(3)6-8(10)11-5-2/h6,9H,4-5H2,1-3H3/b7-6-. The fourth-order valence-electron chi connectivity index (χ4n) is 0.691. The minimum absolute atomic E-state index is 0.286. The van der Waals surface area contributed by atoms with Crippen LogP contribution >= 0.6 is 0 Å². The first-order valence-corrected chi connectivity index (χ1v) is 3.79. The molecule has 0 aromatic carbocycles. The molecule has 1 N–H and O–H groups in total. The molecular weight excluding hydrogens is 142 g/mol. The molecule has 0 rings (SSSR count). The van der Waals surface area contributed by atoms with E-state index in [0.717, 1.165) is 12.2 Å². The van der Waals surface area contributed by atoms with Crippen molar-refractivity contribution in [2.75, 3.05) is 13.2 Å². The molecule has 0 aromatic heterocycles. The molecule has 0 saturated carbocycles. The maximum atomic E-state index is 10.8. The molecule has 0 aliphatic heterocycles. The fourth-order valence-corrected chi connectivity index (χ4v) is 0.691. The van der Waals surface area contributed by atoms with E-state index < -0.39 is 0 Å². The summed E-state index contributed by atoms with van der Waals surface area (Å²) in [5, 5.41) is 3.00. The number of carbonyl (C=O) groups is 1. The van der Waals surface area contributed by atoms with Crippen molar-refractivity contribution >= 4 is 5.97 Å². The van der Waals surface area contributed by atoms with Gasteiger partial charge in [-0.05, 0) is 20.8 Å². The van der Waals surface area contributed by atoms with Gasteiger partial charge >= 0.3 is 5.97 Å². The van der Waals surface area contributed by atoms with Crippen molar-refractivity contribution in [2.24, 2.45) is 0 Å². The summed E-state index contributed by atoms with van der Waals surface area (Å²) in [5.41, 5.74) is 0.839. The first-order valence-electron chi connectivity index (χ1n) is 3.79. The molecule has 3 heteroatoms. The Morgan fingerprint density at radius 1 is 1.55 bits per heavy atom. The van der Waals surface area contributed by atoms with Gasteiger partial charge in [-0.15, -0.1) is 0 Å². The highest BCUT2D eigenvalue weighted by atomic mass is 16.5. The second-order valence-electron chi connectivity index (χ2n) is 2.11. The van der Waals surface area contributed by atoms with Gasteiger partial charge in [0.25, 0.3) is 0 Å². The van der Waals surface area contributed by atoms with Gasteiger partial charge in [-0.2, -0.15) is 0 Å². The second-order valence-corrected chi connectivity index (χ2v) is 2.11. The summed E-state index contributed by atoms with van der Waals surface area (Å²) in [7, 11) is 0. The number of carbonyl (C=O) groups excluding carboxylic acids is 1. The van der Waals surface area contributed by atoms with Gasteiger partial charge in [-0.25, -0.2) is 4.79 Å². The zero-order chi connectivity index (χ0) is 8.69. The Hall–Kier alpha value is -0.990. The second kappa shape index (κ2) is 5.77. The average Bonchev–Trinajstić information content (AvgIpc) is 1.87. The van der Waals surface area contributed by atoms with Crippen LogP contribution in [0.1, 0.15) is 20.8 Å². The molecule has 0 bridgehead atoms. The smallest absolute Gasteiger partial charge is 0.332 e. The van der Waals surface area contributed by atoms with Crippen LogP contribution in [0.4, 0.5) is 0 Å². The third kappa shape index (κ3) is 5.45. The maximum Gasteiger partial charge on any atom is 0.332 e. The van der Waals surface area contributed by atoms with Crippen LogP contribution in [0.2, 0.25) is 0 Å². The van der Waals surface area contributed by atoms with E-state index in [4.69, 9.17) is 4.74 Å². The molecule has 0 spiro atoms. The monoisotopic (exact) mass is 157 g/mol. The van der Waals surface area contributed by atoms with Crippen molar-refractivity contribution in [3.05, 3.63) is 11.8 Å². The molecule has 3 nitrogen and oxygen atoms in total. The van der Waals surface area contributed by atoms with E-state index in [1.54, 1.807) is 6.92 Å². The molecule has 0 atom stereocenters. The molecule has 0 aliphatic carbocycles. The van der Waals surface area contributed by atoms with Gasteiger partial charge in [0.2, 0.25) is 0 Å². The highest BCUT2D eigenvalue weighted by molar-refractivity contribution is 5.82. The molecule has 0 fully saturated rings. The zero-order valence-corrected chi connectivity index (χ0v) is 7.31. The van der Waals surface area contributed by atoms with E-state index in [1.807, 2.05) is 13.8 Å². The number of ether oxygens (including phenoxy) is 1. The predicted octanol–water partition coefficient (Wildman–Crippen LogP) is 1.06. The molecule has 0 heterocycles. The Balaban J connectivity index is 3.76. The molecule has 11 heavy (non-hydrogen) atoms. The summed E-state index contributed by atoms with van der Waals surface area (Å²) in [6, 6.07) is 0. The van der Waals surface area contributed by atoms with Gasteiger partial charge in [0, 0.05) is 18.3 Å². The van der Waals surface area contributed by atoms with E-state index >= 15 is 0 Å². The van der Waals surface area contributed by atoms with Crippen molar-refractivity contribution in [1.82, 2.24) is 5.32 Å². The van der Waals surface area contributed by atoms with Crippen LogP contribution < -0.4 is 5.32 Å². The molecule has 0 aliphatic rings. The minimum atomic E-state index is -0.286. The van der Waals surface area contributed by atoms with Crippen LogP contribution in [-0.2, 0) is 9.53 Å². The topological polar surface area (TPSA) is 38.3 Å². The van der Waals surface area contributed by atoms with E-state index in [9.17, 15) is 4.79 Å². The predicted molar refractivity (Wildman–Crippen MR) is 44.1 cm³/mol. The molecule has 0 radical (unpaired) electrons. The summed E-state index contributed by atoms with van der Waals surface area (Å²) in [6.07, 6.45) is 1.45. The molecule has 0 amide bonds. The van der Waals surface area contributed by atoms with E-state index in [-0.39, 0.29) is 5.97 Å². The molecular formula is C8H15NO2. The molecule has 0 unspecified atom stereocenters. The number of esters is 1. The zero-order valence-electron chi connectivity index (χ0n) is 7.31. The van der Waals surface area contributed by atoms with E-state index in [0.29, 0.717) is 6.61 Å². The van der Waals surface area contributed by atoms with Crippen molar-refractivity contribution in [3.63, 3.8) is 0 Å². The van der Waals surface area contributed by atoms with Crippen LogP contribution in [-0.4, -0.2) is 19.1 Å². The van der Waals surface area contributed by atoms with Crippen LogP contribution in [0.3, 0.4) is 0 Å². The average molecular weight is 157 g/mol. The Labute approximate surface area is 67.4 Å². The van der Waals surface area contributed by atoms with E-state index in [2.05, 4.69) is 5.32 Å². The van der Waals surface area contributed by atoms with Gasteiger partial charge in [0.05, 0.1) is 6.61 Å². The van der Waals surface area contributed by atoms with Gasteiger partial charge in [-0.3, -0.25) is 0 Å². The van der Waals surface area contributed by atoms with Gasteiger partial charge in [-0.1, -0.05) is 0 Å². The first-order chi connectivity index (χ1) is 5.20. The summed E-state index contributed by atoms with van der Waals surface area (Å²) in [6.45, 7) is 6.84. The van der Waals surface area contributed by atoms with Crippen molar-refractivity contribution < 1.29 is 9.53 Å². The van der Waals surface area contributed by atoms with Crippen LogP contribution in [0.5, 0.6) is 0 Å². The highest BCUT2D eigenvalue weighted by Gasteiger charge is 1.95. The molecule has 0 aromatic rings. The number of rotatable bonds is 4. The Kier molecular flexibility index (Phi) is 5.25. The largest absolute Gasteiger partial charge is 0.463 e.